The van der Waals surface area contributed by atoms with E-state index < -0.39 is 0 Å². The van der Waals surface area contributed by atoms with Crippen molar-refractivity contribution in [2.24, 2.45) is 11.3 Å². The first-order valence-electron chi connectivity index (χ1n) is 14.4. The fraction of sp³-hybridized carbons (Fsp3) is 0.375. The highest BCUT2D eigenvalue weighted by Gasteiger charge is 2.59. The lowest BCUT2D eigenvalue weighted by molar-refractivity contribution is -0.118. The van der Waals surface area contributed by atoms with Gasteiger partial charge in [0.25, 0.3) is 0 Å². The van der Waals surface area contributed by atoms with Crippen molar-refractivity contribution in [1.82, 2.24) is 20.3 Å². The predicted molar refractivity (Wildman–Crippen MR) is 158 cm³/mol. The number of ether oxygens (including phenoxy) is 2. The summed E-state index contributed by atoms with van der Waals surface area (Å²) in [7, 11) is 0. The Balaban J connectivity index is 1.17. The van der Waals surface area contributed by atoms with Crippen LogP contribution in [0.1, 0.15) is 31.2 Å². The zero-order chi connectivity index (χ0) is 27.8. The van der Waals surface area contributed by atoms with E-state index in [-0.39, 0.29) is 17.2 Å². The number of piperidine rings is 1. The quantitative estimate of drug-likeness (QED) is 0.284. The molecular formula is C32H34N6O3. The molecule has 4 heterocycles. The summed E-state index contributed by atoms with van der Waals surface area (Å²) in [5.41, 5.74) is 3.30. The SMILES string of the molecule is Cc1ccc2c(NC(=O)C3CC34CCOC4)cccc2c1Oc1ncccc1-c1ccnc(NC2CCCNC2)n1. The van der Waals surface area contributed by atoms with Crippen molar-refractivity contribution in [3.8, 4) is 22.9 Å². The van der Waals surface area contributed by atoms with Crippen molar-refractivity contribution in [2.45, 2.75) is 38.6 Å². The fourth-order valence-corrected chi connectivity index (χ4v) is 6.18. The summed E-state index contributed by atoms with van der Waals surface area (Å²) in [5, 5.41) is 11.9. The van der Waals surface area contributed by atoms with Crippen molar-refractivity contribution in [3.63, 3.8) is 0 Å². The number of benzene rings is 2. The second kappa shape index (κ2) is 10.7. The standard InChI is InChI=1S/C32H34N6O3/c1-20-9-10-22-23(6-2-8-26(22)37-29(39)25-17-32(25)12-16-40-19-32)28(20)41-30-24(7-4-14-34-30)27-11-15-35-31(38-27)36-21-5-3-13-33-18-21/h2,4,6-11,14-15,21,25,33H,3,5,12-13,16-19H2,1H3,(H,37,39)(H,35,36,38). The minimum atomic E-state index is 0.0131. The number of pyridine rings is 1. The molecule has 1 amide bonds. The molecule has 2 saturated heterocycles. The van der Waals surface area contributed by atoms with E-state index in [2.05, 4.69) is 25.9 Å². The van der Waals surface area contributed by atoms with Crippen molar-refractivity contribution in [2.75, 3.05) is 36.9 Å². The third-order valence-corrected chi connectivity index (χ3v) is 8.64. The highest BCUT2D eigenvalue weighted by molar-refractivity contribution is 6.06. The van der Waals surface area contributed by atoms with Gasteiger partial charge >= 0.3 is 0 Å². The number of amides is 1. The number of aromatic nitrogens is 3. The molecule has 4 aromatic rings. The summed E-state index contributed by atoms with van der Waals surface area (Å²) in [4.78, 5) is 27.0. The molecule has 2 aromatic heterocycles. The first kappa shape index (κ1) is 25.9. The van der Waals surface area contributed by atoms with Crippen LogP contribution in [0, 0.1) is 18.3 Å². The third-order valence-electron chi connectivity index (χ3n) is 8.64. The van der Waals surface area contributed by atoms with E-state index in [1.165, 1.54) is 0 Å². The Hall–Kier alpha value is -4.08. The second-order valence-electron chi connectivity index (χ2n) is 11.4. The van der Waals surface area contributed by atoms with E-state index in [1.807, 2.05) is 55.5 Å². The Morgan fingerprint density at radius 1 is 1.10 bits per heavy atom. The predicted octanol–water partition coefficient (Wildman–Crippen LogP) is 5.32. The van der Waals surface area contributed by atoms with Crippen molar-refractivity contribution in [3.05, 3.63) is 66.5 Å². The van der Waals surface area contributed by atoms with Crippen LogP contribution in [0.5, 0.6) is 11.6 Å². The van der Waals surface area contributed by atoms with Gasteiger partial charge in [0.1, 0.15) is 5.75 Å². The van der Waals surface area contributed by atoms with Gasteiger partial charge in [0.2, 0.25) is 17.7 Å². The number of rotatable bonds is 7. The van der Waals surface area contributed by atoms with Gasteiger partial charge < -0.3 is 25.4 Å². The molecule has 0 radical (unpaired) electrons. The Labute approximate surface area is 239 Å². The lowest BCUT2D eigenvalue weighted by Gasteiger charge is -2.23. The molecule has 2 aliphatic heterocycles. The van der Waals surface area contributed by atoms with Gasteiger partial charge in [-0.15, -0.1) is 0 Å². The molecule has 9 heteroatoms. The zero-order valence-corrected chi connectivity index (χ0v) is 23.2. The molecule has 3 N–H and O–H groups in total. The van der Waals surface area contributed by atoms with Crippen LogP contribution in [-0.2, 0) is 9.53 Å². The average molecular weight is 551 g/mol. The van der Waals surface area contributed by atoms with Crippen molar-refractivity contribution < 1.29 is 14.3 Å². The van der Waals surface area contributed by atoms with E-state index in [0.717, 1.165) is 78.7 Å². The third kappa shape index (κ3) is 5.11. The molecule has 9 nitrogen and oxygen atoms in total. The van der Waals surface area contributed by atoms with Gasteiger partial charge in [-0.3, -0.25) is 4.79 Å². The molecular weight excluding hydrogens is 516 g/mol. The lowest BCUT2D eigenvalue weighted by atomic mass is 10.0. The number of aryl methyl sites for hydroxylation is 1. The van der Waals surface area contributed by atoms with Crippen molar-refractivity contribution >= 4 is 28.3 Å². The molecule has 210 valence electrons. The monoisotopic (exact) mass is 550 g/mol. The van der Waals surface area contributed by atoms with Crippen molar-refractivity contribution in [1.29, 1.82) is 0 Å². The normalized spacial score (nSPS) is 23.4. The number of nitrogens with zero attached hydrogens (tertiary/aromatic N) is 3. The van der Waals surface area contributed by atoms with Crippen LogP contribution in [0.15, 0.2) is 60.9 Å². The summed E-state index contributed by atoms with van der Waals surface area (Å²) in [6.07, 6.45) is 7.56. The largest absolute Gasteiger partial charge is 0.437 e. The lowest BCUT2D eigenvalue weighted by Crippen LogP contribution is -2.38. The van der Waals surface area contributed by atoms with Gasteiger partial charge in [-0.25, -0.2) is 15.0 Å². The molecule has 3 fully saturated rings. The highest BCUT2D eigenvalue weighted by Crippen LogP contribution is 2.58. The molecule has 2 aromatic carbocycles. The number of nitrogens with one attached hydrogen (secondary N) is 3. The molecule has 1 spiro atoms. The zero-order valence-electron chi connectivity index (χ0n) is 23.2. The highest BCUT2D eigenvalue weighted by atomic mass is 16.5. The van der Waals surface area contributed by atoms with Gasteiger partial charge in [-0.1, -0.05) is 24.3 Å². The van der Waals surface area contributed by atoms with Gasteiger partial charge in [0, 0.05) is 59.4 Å². The van der Waals surface area contributed by atoms with Crippen LogP contribution < -0.4 is 20.7 Å². The summed E-state index contributed by atoms with van der Waals surface area (Å²) in [6.45, 7) is 5.40. The maximum atomic E-state index is 13.1. The van der Waals surface area contributed by atoms with Crippen LogP contribution in [0.2, 0.25) is 0 Å². The smallest absolute Gasteiger partial charge is 0.228 e. The van der Waals surface area contributed by atoms with E-state index in [9.17, 15) is 4.79 Å². The maximum Gasteiger partial charge on any atom is 0.228 e. The van der Waals surface area contributed by atoms with Crippen LogP contribution in [0.3, 0.4) is 0 Å². The van der Waals surface area contributed by atoms with E-state index >= 15 is 0 Å². The molecule has 7 rings (SSSR count). The fourth-order valence-electron chi connectivity index (χ4n) is 6.18. The molecule has 1 aliphatic carbocycles. The van der Waals surface area contributed by atoms with Gasteiger partial charge in [0.15, 0.2) is 0 Å². The topological polar surface area (TPSA) is 110 Å². The van der Waals surface area contributed by atoms with Gasteiger partial charge in [-0.2, -0.15) is 0 Å². The molecule has 0 bridgehead atoms. The Morgan fingerprint density at radius 3 is 2.90 bits per heavy atom. The summed E-state index contributed by atoms with van der Waals surface area (Å²) < 4.78 is 12.1. The number of carbonyl (C=O) groups is 1. The maximum absolute atomic E-state index is 13.1. The Bertz CT molecular complexity index is 1600. The minimum Gasteiger partial charge on any atom is -0.437 e. The van der Waals surface area contributed by atoms with E-state index in [1.54, 1.807) is 12.4 Å². The van der Waals surface area contributed by atoms with Crippen LogP contribution in [0.4, 0.5) is 11.6 Å². The van der Waals surface area contributed by atoms with Crippen LogP contribution >= 0.6 is 0 Å². The number of anilines is 2. The molecule has 3 atom stereocenters. The molecule has 41 heavy (non-hydrogen) atoms. The second-order valence-corrected chi connectivity index (χ2v) is 11.4. The van der Waals surface area contributed by atoms with Gasteiger partial charge in [-0.05, 0) is 69.0 Å². The first-order chi connectivity index (χ1) is 20.1. The Kier molecular flexibility index (Phi) is 6.76. The molecule has 3 aliphatic rings. The van der Waals surface area contributed by atoms with Crippen LogP contribution in [0.25, 0.3) is 22.0 Å². The average Bonchev–Trinajstić information content (AvgIpc) is 3.51. The van der Waals surface area contributed by atoms with Crippen LogP contribution in [-0.4, -0.2) is 53.2 Å². The number of hydrogen-bond donors (Lipinski definition) is 3. The first-order valence-corrected chi connectivity index (χ1v) is 14.4. The Morgan fingerprint density at radius 2 is 2.05 bits per heavy atom. The number of fused-ring (bicyclic) bond motifs is 1. The molecule has 1 saturated carbocycles. The summed E-state index contributed by atoms with van der Waals surface area (Å²) in [6, 6.07) is 16.0. The summed E-state index contributed by atoms with van der Waals surface area (Å²) >= 11 is 0. The number of carbonyl (C=O) groups excluding carboxylic acids is 1. The molecule has 3 unspecified atom stereocenters. The minimum absolute atomic E-state index is 0.0131. The van der Waals surface area contributed by atoms with E-state index in [0.29, 0.717) is 30.2 Å². The van der Waals surface area contributed by atoms with E-state index in [4.69, 9.17) is 14.5 Å². The summed E-state index contributed by atoms with van der Waals surface area (Å²) in [5.74, 6) is 1.83. The van der Waals surface area contributed by atoms with Gasteiger partial charge in [0.05, 0.1) is 17.9 Å². The number of hydrogen-bond acceptors (Lipinski definition) is 8.